The maximum absolute atomic E-state index is 8.88. The predicted octanol–water partition coefficient (Wildman–Crippen LogP) is 1.44. The van der Waals surface area contributed by atoms with E-state index in [4.69, 9.17) is 9.84 Å². The van der Waals surface area contributed by atoms with E-state index in [9.17, 15) is 0 Å². The third-order valence-electron chi connectivity index (χ3n) is 5.69. The van der Waals surface area contributed by atoms with Crippen LogP contribution in [0.4, 0.5) is 0 Å². The van der Waals surface area contributed by atoms with Crippen molar-refractivity contribution in [3.8, 4) is 0 Å². The van der Waals surface area contributed by atoms with Crippen LogP contribution in [0.2, 0.25) is 0 Å². The van der Waals surface area contributed by atoms with Gasteiger partial charge < -0.3 is 19.6 Å². The number of hydrogen-bond acceptors (Lipinski definition) is 4. The first kappa shape index (κ1) is 16.2. The van der Waals surface area contributed by atoms with Gasteiger partial charge in [-0.3, -0.25) is 0 Å². The molecule has 0 radical (unpaired) electrons. The van der Waals surface area contributed by atoms with E-state index in [1.54, 1.807) is 0 Å². The number of ether oxygens (including phenoxy) is 1. The number of hydrogen-bond donors (Lipinski definition) is 1. The molecule has 0 saturated carbocycles. The Labute approximate surface area is 124 Å². The zero-order valence-electron chi connectivity index (χ0n) is 13.5. The van der Waals surface area contributed by atoms with Crippen molar-refractivity contribution in [3.63, 3.8) is 0 Å². The first-order chi connectivity index (χ1) is 9.49. The lowest BCUT2D eigenvalue weighted by Gasteiger charge is -2.59. The standard InChI is InChI=1S/C16H32N2O2/c1-15(5-11-20-12-6-15)16(2)13-18(14-16)8-4-7-17(3)9-10-19/h19H,4-14H2,1-3H3. The number of likely N-dealkylation sites (tertiary alicyclic amines) is 1. The van der Waals surface area contributed by atoms with Gasteiger partial charge in [0.2, 0.25) is 0 Å². The Morgan fingerprint density at radius 1 is 1.10 bits per heavy atom. The first-order valence-electron chi connectivity index (χ1n) is 8.09. The molecule has 0 aromatic rings. The lowest BCUT2D eigenvalue weighted by Crippen LogP contribution is -2.63. The molecule has 0 unspecified atom stereocenters. The summed E-state index contributed by atoms with van der Waals surface area (Å²) in [6, 6.07) is 0. The van der Waals surface area contributed by atoms with Gasteiger partial charge in [-0.15, -0.1) is 0 Å². The fourth-order valence-corrected chi connectivity index (χ4v) is 3.75. The first-order valence-corrected chi connectivity index (χ1v) is 8.09. The van der Waals surface area contributed by atoms with Crippen molar-refractivity contribution < 1.29 is 9.84 Å². The minimum atomic E-state index is 0.263. The van der Waals surface area contributed by atoms with Crippen molar-refractivity contribution in [2.75, 3.05) is 59.6 Å². The van der Waals surface area contributed by atoms with Crippen LogP contribution in [-0.4, -0.2) is 74.5 Å². The van der Waals surface area contributed by atoms with Gasteiger partial charge in [-0.05, 0) is 50.2 Å². The van der Waals surface area contributed by atoms with Gasteiger partial charge in [0.15, 0.2) is 0 Å². The van der Waals surface area contributed by atoms with E-state index >= 15 is 0 Å². The van der Waals surface area contributed by atoms with Crippen LogP contribution in [0.15, 0.2) is 0 Å². The van der Waals surface area contributed by atoms with Gasteiger partial charge in [-0.2, -0.15) is 0 Å². The van der Waals surface area contributed by atoms with E-state index in [0.29, 0.717) is 10.8 Å². The Kier molecular flexibility index (Phi) is 5.46. The van der Waals surface area contributed by atoms with E-state index < -0.39 is 0 Å². The molecule has 2 aliphatic heterocycles. The Hall–Kier alpha value is -0.160. The number of likely N-dealkylation sites (N-methyl/N-ethyl adjacent to an activating group) is 1. The molecule has 2 saturated heterocycles. The number of nitrogens with zero attached hydrogens (tertiary/aromatic N) is 2. The van der Waals surface area contributed by atoms with E-state index in [-0.39, 0.29) is 6.61 Å². The largest absolute Gasteiger partial charge is 0.395 e. The Morgan fingerprint density at radius 3 is 2.35 bits per heavy atom. The molecule has 0 aromatic heterocycles. The van der Waals surface area contributed by atoms with Crippen molar-refractivity contribution in [1.29, 1.82) is 0 Å². The summed E-state index contributed by atoms with van der Waals surface area (Å²) in [6.07, 6.45) is 3.64. The summed E-state index contributed by atoms with van der Waals surface area (Å²) in [7, 11) is 2.08. The summed E-state index contributed by atoms with van der Waals surface area (Å²) in [5.74, 6) is 0. The molecular weight excluding hydrogens is 252 g/mol. The third-order valence-corrected chi connectivity index (χ3v) is 5.69. The average Bonchev–Trinajstić information content (AvgIpc) is 2.37. The van der Waals surface area contributed by atoms with Crippen molar-refractivity contribution in [3.05, 3.63) is 0 Å². The second kappa shape index (κ2) is 6.73. The van der Waals surface area contributed by atoms with Gasteiger partial charge in [0, 0.05) is 32.8 Å². The predicted molar refractivity (Wildman–Crippen MR) is 81.9 cm³/mol. The van der Waals surface area contributed by atoms with Gasteiger partial charge in [0.05, 0.1) is 6.61 Å². The number of rotatable bonds is 7. The molecule has 118 valence electrons. The summed E-state index contributed by atoms with van der Waals surface area (Å²) in [4.78, 5) is 4.80. The molecule has 0 bridgehead atoms. The maximum atomic E-state index is 8.88. The summed E-state index contributed by atoms with van der Waals surface area (Å²) in [5, 5.41) is 8.88. The topological polar surface area (TPSA) is 35.9 Å². The van der Waals surface area contributed by atoms with Crippen LogP contribution in [0, 0.1) is 10.8 Å². The second-order valence-electron chi connectivity index (χ2n) is 7.32. The Bertz CT molecular complexity index is 297. The lowest BCUT2D eigenvalue weighted by molar-refractivity contribution is -0.126. The highest BCUT2D eigenvalue weighted by Gasteiger charge is 2.51. The van der Waals surface area contributed by atoms with Crippen molar-refractivity contribution >= 4 is 0 Å². The monoisotopic (exact) mass is 284 g/mol. The van der Waals surface area contributed by atoms with Crippen molar-refractivity contribution in [2.24, 2.45) is 10.8 Å². The average molecular weight is 284 g/mol. The van der Waals surface area contributed by atoms with Crippen LogP contribution in [0.25, 0.3) is 0 Å². The van der Waals surface area contributed by atoms with Gasteiger partial charge in [-0.25, -0.2) is 0 Å². The Balaban J connectivity index is 1.68. The van der Waals surface area contributed by atoms with Gasteiger partial charge in [-0.1, -0.05) is 13.8 Å². The molecule has 0 aliphatic carbocycles. The minimum Gasteiger partial charge on any atom is -0.395 e. The fraction of sp³-hybridized carbons (Fsp3) is 1.00. The zero-order valence-corrected chi connectivity index (χ0v) is 13.5. The molecule has 0 aromatic carbocycles. The van der Waals surface area contributed by atoms with Crippen LogP contribution in [0.5, 0.6) is 0 Å². The molecule has 4 heteroatoms. The van der Waals surface area contributed by atoms with Gasteiger partial charge in [0.1, 0.15) is 0 Å². The minimum absolute atomic E-state index is 0.263. The molecular formula is C16H32N2O2. The molecule has 0 amide bonds. The second-order valence-corrected chi connectivity index (χ2v) is 7.32. The molecule has 0 atom stereocenters. The van der Waals surface area contributed by atoms with Crippen molar-refractivity contribution in [2.45, 2.75) is 33.1 Å². The van der Waals surface area contributed by atoms with Gasteiger partial charge >= 0.3 is 0 Å². The van der Waals surface area contributed by atoms with Gasteiger partial charge in [0.25, 0.3) is 0 Å². The van der Waals surface area contributed by atoms with Crippen LogP contribution in [0.3, 0.4) is 0 Å². The van der Waals surface area contributed by atoms with E-state index in [1.165, 1.54) is 38.9 Å². The summed E-state index contributed by atoms with van der Waals surface area (Å²) in [5.41, 5.74) is 0.948. The van der Waals surface area contributed by atoms with Crippen molar-refractivity contribution in [1.82, 2.24) is 9.80 Å². The zero-order chi connectivity index (χ0) is 14.6. The number of aliphatic hydroxyl groups is 1. The molecule has 4 nitrogen and oxygen atoms in total. The maximum Gasteiger partial charge on any atom is 0.0558 e. The molecule has 2 fully saturated rings. The van der Waals surface area contributed by atoms with Crippen LogP contribution in [0.1, 0.15) is 33.1 Å². The van der Waals surface area contributed by atoms with E-state index in [1.807, 2.05) is 0 Å². The molecule has 2 heterocycles. The summed E-state index contributed by atoms with van der Waals surface area (Å²) in [6.45, 7) is 12.6. The van der Waals surface area contributed by atoms with E-state index in [2.05, 4.69) is 30.7 Å². The molecule has 0 spiro atoms. The van der Waals surface area contributed by atoms with Crippen LogP contribution >= 0.6 is 0 Å². The normalized spacial score (nSPS) is 25.6. The Morgan fingerprint density at radius 2 is 1.75 bits per heavy atom. The van der Waals surface area contributed by atoms with E-state index in [0.717, 1.165) is 26.3 Å². The highest BCUT2D eigenvalue weighted by Crippen LogP contribution is 2.51. The summed E-state index contributed by atoms with van der Waals surface area (Å²) < 4.78 is 5.53. The number of aliphatic hydroxyl groups excluding tert-OH is 1. The highest BCUT2D eigenvalue weighted by molar-refractivity contribution is 5.03. The molecule has 2 aliphatic rings. The highest BCUT2D eigenvalue weighted by atomic mass is 16.5. The lowest BCUT2D eigenvalue weighted by atomic mass is 9.57. The van der Waals surface area contributed by atoms with Crippen LogP contribution < -0.4 is 0 Å². The fourth-order valence-electron chi connectivity index (χ4n) is 3.75. The van der Waals surface area contributed by atoms with Crippen LogP contribution in [-0.2, 0) is 4.74 Å². The molecule has 1 N–H and O–H groups in total. The quantitative estimate of drug-likeness (QED) is 0.767. The third kappa shape index (κ3) is 3.53. The molecule has 20 heavy (non-hydrogen) atoms. The molecule has 2 rings (SSSR count). The summed E-state index contributed by atoms with van der Waals surface area (Å²) >= 11 is 0. The SMILES string of the molecule is CN(CCO)CCCN1CC(C)(C2(C)CCOCC2)C1. The smallest absolute Gasteiger partial charge is 0.0558 e.